The molecule has 0 saturated carbocycles. The standard InChI is InChI=1S/C8H15F2NO/c1-6(2)12-4-7-3-8(9,10)5-11-7/h6-7,11H,3-5H2,1-2H3. The monoisotopic (exact) mass is 179 g/mol. The number of alkyl halides is 2. The molecule has 1 saturated heterocycles. The van der Waals surface area contributed by atoms with Crippen LogP contribution in [0.15, 0.2) is 0 Å². The minimum atomic E-state index is -2.54. The van der Waals surface area contributed by atoms with E-state index in [1.165, 1.54) is 0 Å². The fourth-order valence-electron chi connectivity index (χ4n) is 1.22. The van der Waals surface area contributed by atoms with Gasteiger partial charge in [0.1, 0.15) is 0 Å². The second-order valence-corrected chi connectivity index (χ2v) is 3.52. The summed E-state index contributed by atoms with van der Waals surface area (Å²) in [5.74, 6) is -2.54. The Kier molecular flexibility index (Phi) is 3.01. The minimum absolute atomic E-state index is 0.0975. The summed E-state index contributed by atoms with van der Waals surface area (Å²) in [5.41, 5.74) is 0. The van der Waals surface area contributed by atoms with Gasteiger partial charge in [-0.1, -0.05) is 0 Å². The van der Waals surface area contributed by atoms with Crippen molar-refractivity contribution in [2.45, 2.75) is 38.3 Å². The van der Waals surface area contributed by atoms with Crippen LogP contribution in [0.2, 0.25) is 0 Å². The van der Waals surface area contributed by atoms with Crippen LogP contribution >= 0.6 is 0 Å². The fraction of sp³-hybridized carbons (Fsp3) is 1.00. The molecule has 0 aromatic carbocycles. The second-order valence-electron chi connectivity index (χ2n) is 3.52. The van der Waals surface area contributed by atoms with Crippen LogP contribution in [0.4, 0.5) is 8.78 Å². The van der Waals surface area contributed by atoms with Gasteiger partial charge in [-0.15, -0.1) is 0 Å². The molecule has 1 unspecified atom stereocenters. The maximum atomic E-state index is 12.6. The van der Waals surface area contributed by atoms with Gasteiger partial charge in [-0.2, -0.15) is 0 Å². The van der Waals surface area contributed by atoms with Crippen LogP contribution in [0.1, 0.15) is 20.3 Å². The van der Waals surface area contributed by atoms with Gasteiger partial charge in [0.15, 0.2) is 0 Å². The zero-order chi connectivity index (χ0) is 9.19. The Morgan fingerprint density at radius 1 is 1.58 bits per heavy atom. The molecule has 1 atom stereocenters. The van der Waals surface area contributed by atoms with E-state index in [1.54, 1.807) is 0 Å². The van der Waals surface area contributed by atoms with E-state index in [1.807, 2.05) is 13.8 Å². The molecule has 1 aliphatic heterocycles. The molecular formula is C8H15F2NO. The topological polar surface area (TPSA) is 21.3 Å². The number of hydrogen-bond acceptors (Lipinski definition) is 2. The summed E-state index contributed by atoms with van der Waals surface area (Å²) in [6.07, 6.45) is 0.0146. The van der Waals surface area contributed by atoms with Gasteiger partial charge in [0, 0.05) is 12.5 Å². The van der Waals surface area contributed by atoms with Gasteiger partial charge in [-0.05, 0) is 13.8 Å². The largest absolute Gasteiger partial charge is 0.377 e. The molecule has 4 heteroatoms. The number of halogens is 2. The highest BCUT2D eigenvalue weighted by Crippen LogP contribution is 2.25. The maximum Gasteiger partial charge on any atom is 0.261 e. The summed E-state index contributed by atoms with van der Waals surface area (Å²) >= 11 is 0. The molecule has 1 N–H and O–H groups in total. The molecule has 1 rings (SSSR count). The Labute approximate surface area is 71.3 Å². The van der Waals surface area contributed by atoms with Crippen LogP contribution in [0.3, 0.4) is 0 Å². The lowest BCUT2D eigenvalue weighted by Crippen LogP contribution is -2.28. The molecule has 1 aliphatic rings. The van der Waals surface area contributed by atoms with Gasteiger partial charge in [-0.3, -0.25) is 0 Å². The number of nitrogens with one attached hydrogen (secondary N) is 1. The van der Waals surface area contributed by atoms with Gasteiger partial charge in [-0.25, -0.2) is 8.78 Å². The van der Waals surface area contributed by atoms with E-state index in [-0.39, 0.29) is 25.1 Å². The smallest absolute Gasteiger partial charge is 0.261 e. The molecule has 1 fully saturated rings. The maximum absolute atomic E-state index is 12.6. The van der Waals surface area contributed by atoms with Crippen molar-refractivity contribution in [3.05, 3.63) is 0 Å². The normalized spacial score (nSPS) is 28.2. The van der Waals surface area contributed by atoms with Gasteiger partial charge in [0.2, 0.25) is 0 Å². The van der Waals surface area contributed by atoms with Crippen LogP contribution < -0.4 is 5.32 Å². The Hall–Kier alpha value is -0.220. The van der Waals surface area contributed by atoms with Crippen molar-refractivity contribution in [1.82, 2.24) is 5.32 Å². The minimum Gasteiger partial charge on any atom is -0.377 e. The average Bonchev–Trinajstić information content (AvgIpc) is 2.26. The third-order valence-corrected chi connectivity index (χ3v) is 1.83. The molecule has 0 aromatic rings. The summed E-state index contributed by atoms with van der Waals surface area (Å²) in [4.78, 5) is 0. The summed E-state index contributed by atoms with van der Waals surface area (Å²) in [6.45, 7) is 3.96. The van der Waals surface area contributed by atoms with E-state index in [2.05, 4.69) is 5.32 Å². The zero-order valence-corrected chi connectivity index (χ0v) is 7.44. The van der Waals surface area contributed by atoms with E-state index in [4.69, 9.17) is 4.74 Å². The molecule has 0 aliphatic carbocycles. The van der Waals surface area contributed by atoms with Gasteiger partial charge in [0.05, 0.1) is 19.3 Å². The van der Waals surface area contributed by atoms with Crippen molar-refractivity contribution >= 4 is 0 Å². The molecule has 0 bridgehead atoms. The molecule has 0 spiro atoms. The first-order valence-electron chi connectivity index (χ1n) is 4.22. The lowest BCUT2D eigenvalue weighted by atomic mass is 10.2. The molecule has 12 heavy (non-hydrogen) atoms. The third kappa shape index (κ3) is 3.03. The van der Waals surface area contributed by atoms with E-state index >= 15 is 0 Å². The third-order valence-electron chi connectivity index (χ3n) is 1.83. The lowest BCUT2D eigenvalue weighted by Gasteiger charge is -2.12. The van der Waals surface area contributed by atoms with E-state index in [9.17, 15) is 8.78 Å². The highest BCUT2D eigenvalue weighted by atomic mass is 19.3. The van der Waals surface area contributed by atoms with Crippen molar-refractivity contribution in [3.8, 4) is 0 Å². The van der Waals surface area contributed by atoms with E-state index in [0.717, 1.165) is 0 Å². The Morgan fingerprint density at radius 2 is 2.25 bits per heavy atom. The Bertz CT molecular complexity index is 150. The summed E-state index contributed by atoms with van der Waals surface area (Å²) in [5, 5.41) is 2.73. The number of rotatable bonds is 3. The predicted octanol–water partition coefficient (Wildman–Crippen LogP) is 1.41. The lowest BCUT2D eigenvalue weighted by molar-refractivity contribution is 0.0122. The summed E-state index contributed by atoms with van der Waals surface area (Å²) in [7, 11) is 0. The molecular weight excluding hydrogens is 164 g/mol. The first-order valence-corrected chi connectivity index (χ1v) is 4.22. The van der Waals surface area contributed by atoms with E-state index < -0.39 is 5.92 Å². The van der Waals surface area contributed by atoms with Crippen LogP contribution in [0.25, 0.3) is 0 Å². The molecule has 0 aromatic heterocycles. The van der Waals surface area contributed by atoms with Gasteiger partial charge >= 0.3 is 0 Å². The first-order chi connectivity index (χ1) is 5.49. The summed E-state index contributed by atoms with van der Waals surface area (Å²) in [6, 6.07) is -0.178. The molecule has 72 valence electrons. The SMILES string of the molecule is CC(C)OCC1CC(F)(F)CN1. The molecule has 0 radical (unpaired) electrons. The Morgan fingerprint density at radius 3 is 2.67 bits per heavy atom. The van der Waals surface area contributed by atoms with Gasteiger partial charge in [0.25, 0.3) is 5.92 Å². The first kappa shape index (κ1) is 9.86. The van der Waals surface area contributed by atoms with Gasteiger partial charge < -0.3 is 10.1 Å². The van der Waals surface area contributed by atoms with Crippen molar-refractivity contribution < 1.29 is 13.5 Å². The van der Waals surface area contributed by atoms with Crippen molar-refractivity contribution in [2.24, 2.45) is 0 Å². The van der Waals surface area contributed by atoms with E-state index in [0.29, 0.717) is 6.61 Å². The second kappa shape index (κ2) is 3.66. The highest BCUT2D eigenvalue weighted by Gasteiger charge is 2.39. The number of ether oxygens (including phenoxy) is 1. The number of hydrogen-bond donors (Lipinski definition) is 1. The van der Waals surface area contributed by atoms with Crippen molar-refractivity contribution in [3.63, 3.8) is 0 Å². The average molecular weight is 179 g/mol. The van der Waals surface area contributed by atoms with Crippen LogP contribution in [0, 0.1) is 0 Å². The Balaban J connectivity index is 2.20. The molecule has 1 heterocycles. The quantitative estimate of drug-likeness (QED) is 0.707. The molecule has 2 nitrogen and oxygen atoms in total. The van der Waals surface area contributed by atoms with Crippen LogP contribution in [-0.2, 0) is 4.74 Å². The summed E-state index contributed by atoms with van der Waals surface area (Å²) < 4.78 is 30.4. The fourth-order valence-corrected chi connectivity index (χ4v) is 1.22. The van der Waals surface area contributed by atoms with Crippen molar-refractivity contribution in [2.75, 3.05) is 13.2 Å². The van der Waals surface area contributed by atoms with Crippen LogP contribution in [0.5, 0.6) is 0 Å². The highest BCUT2D eigenvalue weighted by molar-refractivity contribution is 4.86. The van der Waals surface area contributed by atoms with Crippen molar-refractivity contribution in [1.29, 1.82) is 0 Å². The zero-order valence-electron chi connectivity index (χ0n) is 7.44. The molecule has 0 amide bonds. The van der Waals surface area contributed by atoms with Crippen LogP contribution in [-0.4, -0.2) is 31.2 Å². The predicted molar refractivity (Wildman–Crippen MR) is 42.4 cm³/mol.